The van der Waals surface area contributed by atoms with Crippen LogP contribution in [0.2, 0.25) is 0 Å². The molecule has 5 rings (SSSR count). The number of thiazole rings is 1. The fourth-order valence-corrected chi connectivity index (χ4v) is 5.00. The highest BCUT2D eigenvalue weighted by atomic mass is 32.1. The number of carbonyl (C=O) groups excluding carboxylic acids is 2. The molecule has 0 saturated carbocycles. The normalized spacial score (nSPS) is 13.1. The molecule has 1 aromatic heterocycles. The molecule has 7 nitrogen and oxygen atoms in total. The van der Waals surface area contributed by atoms with Gasteiger partial charge in [0.2, 0.25) is 0 Å². The van der Waals surface area contributed by atoms with Gasteiger partial charge in [-0.05, 0) is 30.2 Å². The first-order valence-electron chi connectivity index (χ1n) is 11.5. The molecule has 35 heavy (non-hydrogen) atoms. The number of benzene rings is 3. The van der Waals surface area contributed by atoms with Crippen LogP contribution in [0, 0.1) is 0 Å². The van der Waals surface area contributed by atoms with Crippen molar-refractivity contribution < 1.29 is 23.8 Å². The largest absolute Gasteiger partial charge is 0.486 e. The predicted molar refractivity (Wildman–Crippen MR) is 134 cm³/mol. The topological polar surface area (TPSA) is 79.1 Å². The van der Waals surface area contributed by atoms with Crippen molar-refractivity contribution in [1.29, 1.82) is 0 Å². The summed E-state index contributed by atoms with van der Waals surface area (Å²) in [6.07, 6.45) is 0.168. The van der Waals surface area contributed by atoms with Crippen LogP contribution in [0.15, 0.2) is 71.7 Å². The molecule has 3 aromatic carbocycles. The van der Waals surface area contributed by atoms with Crippen molar-refractivity contribution in [2.24, 2.45) is 4.99 Å². The van der Waals surface area contributed by atoms with Gasteiger partial charge in [-0.3, -0.25) is 9.59 Å². The summed E-state index contributed by atoms with van der Waals surface area (Å²) in [5, 5.41) is 0. The molecule has 0 atom stereocenters. The van der Waals surface area contributed by atoms with E-state index in [-0.39, 0.29) is 18.3 Å². The number of fused-ring (bicyclic) bond motifs is 2. The quantitative estimate of drug-likeness (QED) is 0.363. The van der Waals surface area contributed by atoms with Crippen LogP contribution in [-0.2, 0) is 16.1 Å². The van der Waals surface area contributed by atoms with Gasteiger partial charge in [0.15, 0.2) is 16.3 Å². The zero-order valence-electron chi connectivity index (χ0n) is 19.2. The van der Waals surface area contributed by atoms with Gasteiger partial charge in [0.1, 0.15) is 13.2 Å². The molecule has 1 aliphatic heterocycles. The second-order valence-corrected chi connectivity index (χ2v) is 8.92. The smallest absolute Gasteiger partial charge is 0.307 e. The van der Waals surface area contributed by atoms with Gasteiger partial charge in [0.25, 0.3) is 5.91 Å². The minimum absolute atomic E-state index is 0.168. The highest BCUT2D eigenvalue weighted by molar-refractivity contribution is 7.16. The molecule has 0 aliphatic carbocycles. The number of amides is 1. The van der Waals surface area contributed by atoms with E-state index < -0.39 is 0 Å². The van der Waals surface area contributed by atoms with Crippen LogP contribution in [0.5, 0.6) is 11.5 Å². The van der Waals surface area contributed by atoms with Crippen molar-refractivity contribution in [3.8, 4) is 22.6 Å². The molecule has 0 radical (unpaired) electrons. The first-order valence-corrected chi connectivity index (χ1v) is 12.3. The number of nitrogens with zero attached hydrogens (tertiary/aromatic N) is 2. The minimum Gasteiger partial charge on any atom is -0.486 e. The SMILES string of the molecule is CCOC(=O)CCn1c(=NC(=O)c2ccc(-c3ccccc3)cc2)sc2cc3c(cc21)OCCO3. The Labute approximate surface area is 206 Å². The second-order valence-electron chi connectivity index (χ2n) is 7.92. The number of esters is 1. The van der Waals surface area contributed by atoms with E-state index in [2.05, 4.69) is 4.99 Å². The molecule has 0 unspecified atom stereocenters. The van der Waals surface area contributed by atoms with Crippen LogP contribution in [0.4, 0.5) is 0 Å². The molecule has 0 spiro atoms. The summed E-state index contributed by atoms with van der Waals surface area (Å²) in [5.41, 5.74) is 3.43. The van der Waals surface area contributed by atoms with Crippen molar-refractivity contribution in [1.82, 2.24) is 4.57 Å². The Hall–Kier alpha value is -3.91. The number of hydrogen-bond donors (Lipinski definition) is 0. The molecule has 0 N–H and O–H groups in total. The van der Waals surface area contributed by atoms with E-state index in [0.29, 0.717) is 48.2 Å². The fourth-order valence-electron chi connectivity index (χ4n) is 3.93. The molecule has 2 heterocycles. The number of aromatic nitrogens is 1. The number of carbonyl (C=O) groups is 2. The van der Waals surface area contributed by atoms with Crippen LogP contribution in [-0.4, -0.2) is 36.3 Å². The number of hydrogen-bond acceptors (Lipinski definition) is 6. The molecule has 4 aromatic rings. The lowest BCUT2D eigenvalue weighted by atomic mass is 10.0. The van der Waals surface area contributed by atoms with Crippen LogP contribution in [0.1, 0.15) is 23.7 Å². The highest BCUT2D eigenvalue weighted by Crippen LogP contribution is 2.35. The van der Waals surface area contributed by atoms with Gasteiger partial charge < -0.3 is 18.8 Å². The molecule has 1 aliphatic rings. The number of aryl methyl sites for hydroxylation is 1. The summed E-state index contributed by atoms with van der Waals surface area (Å²) >= 11 is 1.37. The lowest BCUT2D eigenvalue weighted by Gasteiger charge is -2.18. The number of rotatable bonds is 6. The molecular weight excluding hydrogens is 464 g/mol. The van der Waals surface area contributed by atoms with Gasteiger partial charge in [-0.1, -0.05) is 53.8 Å². The molecule has 0 bridgehead atoms. The Balaban J connectivity index is 1.51. The monoisotopic (exact) mass is 488 g/mol. The van der Waals surface area contributed by atoms with Gasteiger partial charge in [-0.2, -0.15) is 4.99 Å². The van der Waals surface area contributed by atoms with E-state index in [4.69, 9.17) is 14.2 Å². The van der Waals surface area contributed by atoms with Crippen LogP contribution < -0.4 is 14.3 Å². The summed E-state index contributed by atoms with van der Waals surface area (Å²) in [4.78, 5) is 30.0. The van der Waals surface area contributed by atoms with Crippen LogP contribution >= 0.6 is 11.3 Å². The van der Waals surface area contributed by atoms with Gasteiger partial charge in [0, 0.05) is 24.2 Å². The van der Waals surface area contributed by atoms with E-state index in [1.54, 1.807) is 19.1 Å². The van der Waals surface area contributed by atoms with Crippen molar-refractivity contribution in [3.05, 3.63) is 77.1 Å². The van der Waals surface area contributed by atoms with Crippen LogP contribution in [0.25, 0.3) is 21.3 Å². The van der Waals surface area contributed by atoms with E-state index in [1.807, 2.05) is 59.2 Å². The zero-order valence-corrected chi connectivity index (χ0v) is 20.0. The molecule has 0 saturated heterocycles. The Morgan fingerprint density at radius 3 is 2.37 bits per heavy atom. The van der Waals surface area contributed by atoms with Crippen molar-refractivity contribution in [2.75, 3.05) is 19.8 Å². The zero-order chi connectivity index (χ0) is 24.2. The Kier molecular flexibility index (Phi) is 6.63. The third-order valence-corrected chi connectivity index (χ3v) is 6.67. The summed E-state index contributed by atoms with van der Waals surface area (Å²) in [6, 6.07) is 21.2. The second kappa shape index (κ2) is 10.1. The summed E-state index contributed by atoms with van der Waals surface area (Å²) in [7, 11) is 0. The molecule has 0 fully saturated rings. The van der Waals surface area contributed by atoms with E-state index in [1.165, 1.54) is 11.3 Å². The van der Waals surface area contributed by atoms with Gasteiger partial charge >= 0.3 is 5.97 Å². The third-order valence-electron chi connectivity index (χ3n) is 5.63. The Bertz CT molecular complexity index is 1440. The first kappa shape index (κ1) is 22.9. The predicted octanol–water partition coefficient (Wildman–Crippen LogP) is 4.84. The molecule has 178 valence electrons. The average molecular weight is 489 g/mol. The van der Waals surface area contributed by atoms with E-state index in [9.17, 15) is 9.59 Å². The maximum Gasteiger partial charge on any atom is 0.307 e. The fraction of sp³-hybridized carbons (Fsp3) is 0.222. The minimum atomic E-state index is -0.349. The summed E-state index contributed by atoms with van der Waals surface area (Å²) in [6.45, 7) is 3.39. The van der Waals surface area contributed by atoms with Gasteiger partial charge in [-0.25, -0.2) is 0 Å². The molecule has 8 heteroatoms. The van der Waals surface area contributed by atoms with Gasteiger partial charge in [0.05, 0.1) is 23.2 Å². The molecule has 1 amide bonds. The van der Waals surface area contributed by atoms with Crippen molar-refractivity contribution >= 4 is 33.4 Å². The van der Waals surface area contributed by atoms with Crippen LogP contribution in [0.3, 0.4) is 0 Å². The number of ether oxygens (including phenoxy) is 3. The van der Waals surface area contributed by atoms with Crippen molar-refractivity contribution in [3.63, 3.8) is 0 Å². The Morgan fingerprint density at radius 1 is 0.971 bits per heavy atom. The lowest BCUT2D eigenvalue weighted by molar-refractivity contribution is -0.143. The first-order chi connectivity index (χ1) is 17.1. The third kappa shape index (κ3) is 4.97. The Morgan fingerprint density at radius 2 is 1.66 bits per heavy atom. The van der Waals surface area contributed by atoms with E-state index >= 15 is 0 Å². The maximum atomic E-state index is 13.1. The summed E-state index contributed by atoms with van der Waals surface area (Å²) in [5.74, 6) is 0.654. The van der Waals surface area contributed by atoms with Crippen molar-refractivity contribution in [2.45, 2.75) is 19.9 Å². The lowest BCUT2D eigenvalue weighted by Crippen LogP contribution is -2.20. The maximum absolute atomic E-state index is 13.1. The average Bonchev–Trinajstić information content (AvgIpc) is 3.22. The van der Waals surface area contributed by atoms with E-state index in [0.717, 1.165) is 21.3 Å². The highest BCUT2D eigenvalue weighted by Gasteiger charge is 2.18. The standard InChI is InChI=1S/C27H24N2O5S/c1-2-32-25(30)12-13-29-21-16-22-23(34-15-14-33-22)17-24(21)35-27(29)28-26(31)20-10-8-19(9-11-20)18-6-4-3-5-7-18/h3-11,16-17H,2,12-15H2,1H3. The summed E-state index contributed by atoms with van der Waals surface area (Å²) < 4.78 is 19.3. The molecular formula is C27H24N2O5S. The van der Waals surface area contributed by atoms with Gasteiger partial charge in [-0.15, -0.1) is 0 Å².